The van der Waals surface area contributed by atoms with E-state index in [1.54, 1.807) is 24.3 Å². The van der Waals surface area contributed by atoms with Crippen LogP contribution in [0.4, 0.5) is 24.5 Å². The molecule has 3 aromatic carbocycles. The molecular weight excluding hydrogens is 471 g/mol. The maximum Gasteiger partial charge on any atom is 0.416 e. The van der Waals surface area contributed by atoms with Gasteiger partial charge < -0.3 is 15.5 Å². The molecule has 0 unspecified atom stereocenters. The number of hydrogen-bond donors (Lipinski definition) is 2. The Kier molecular flexibility index (Phi) is 7.10. The molecular formula is C27H24F3N3O3. The molecule has 1 atom stereocenters. The molecule has 0 saturated carbocycles. The third-order valence-corrected chi connectivity index (χ3v) is 6.11. The van der Waals surface area contributed by atoms with Crippen LogP contribution in [0.2, 0.25) is 0 Å². The summed E-state index contributed by atoms with van der Waals surface area (Å²) in [5.74, 6) is -2.09. The molecule has 2 N–H and O–H groups in total. The third kappa shape index (κ3) is 5.56. The summed E-state index contributed by atoms with van der Waals surface area (Å²) in [5, 5.41) is 5.56. The minimum atomic E-state index is -4.54. The molecule has 0 bridgehead atoms. The fourth-order valence-electron chi connectivity index (χ4n) is 4.09. The summed E-state index contributed by atoms with van der Waals surface area (Å²) in [5.41, 5.74) is 1.77. The number of hydrogen-bond acceptors (Lipinski definition) is 3. The van der Waals surface area contributed by atoms with E-state index in [2.05, 4.69) is 10.6 Å². The van der Waals surface area contributed by atoms with Gasteiger partial charge >= 0.3 is 6.18 Å². The topological polar surface area (TPSA) is 78.5 Å². The summed E-state index contributed by atoms with van der Waals surface area (Å²) in [6, 6.07) is 18.6. The molecule has 1 fully saturated rings. The average Bonchev–Trinajstić information content (AvgIpc) is 3.25. The number of carbonyl (C=O) groups is 3. The van der Waals surface area contributed by atoms with E-state index in [1.165, 1.54) is 17.0 Å². The predicted molar refractivity (Wildman–Crippen MR) is 129 cm³/mol. The van der Waals surface area contributed by atoms with Gasteiger partial charge in [0.25, 0.3) is 5.91 Å². The molecule has 1 aliphatic rings. The van der Waals surface area contributed by atoms with E-state index in [0.29, 0.717) is 6.54 Å². The van der Waals surface area contributed by atoms with E-state index >= 15 is 0 Å². The largest absolute Gasteiger partial charge is 0.416 e. The first-order valence-corrected chi connectivity index (χ1v) is 11.3. The van der Waals surface area contributed by atoms with Gasteiger partial charge in [0, 0.05) is 25.2 Å². The zero-order chi connectivity index (χ0) is 25.9. The van der Waals surface area contributed by atoms with Crippen LogP contribution >= 0.6 is 0 Å². The van der Waals surface area contributed by atoms with Crippen LogP contribution in [0.3, 0.4) is 0 Å². The number of nitrogens with one attached hydrogen (secondary N) is 2. The van der Waals surface area contributed by atoms with Crippen LogP contribution < -0.4 is 15.5 Å². The molecule has 3 amide bonds. The van der Waals surface area contributed by atoms with Crippen LogP contribution in [-0.2, 0) is 22.3 Å². The minimum Gasteiger partial charge on any atom is -0.348 e. The highest BCUT2D eigenvalue weighted by molar-refractivity contribution is 6.07. The highest BCUT2D eigenvalue weighted by atomic mass is 19.4. The van der Waals surface area contributed by atoms with Gasteiger partial charge in [0.1, 0.15) is 0 Å². The number of alkyl halides is 3. The van der Waals surface area contributed by atoms with E-state index in [9.17, 15) is 27.6 Å². The Morgan fingerprint density at radius 1 is 1.00 bits per heavy atom. The van der Waals surface area contributed by atoms with Crippen molar-refractivity contribution in [2.24, 2.45) is 5.92 Å². The number of benzene rings is 3. The summed E-state index contributed by atoms with van der Waals surface area (Å²) >= 11 is 0. The van der Waals surface area contributed by atoms with Gasteiger partial charge in [0.2, 0.25) is 11.8 Å². The second-order valence-electron chi connectivity index (χ2n) is 8.60. The normalized spacial score (nSPS) is 15.6. The quantitative estimate of drug-likeness (QED) is 0.509. The van der Waals surface area contributed by atoms with Crippen LogP contribution in [0, 0.1) is 12.8 Å². The van der Waals surface area contributed by atoms with Crippen LogP contribution in [-0.4, -0.2) is 24.3 Å². The van der Waals surface area contributed by atoms with Crippen LogP contribution in [0.15, 0.2) is 72.8 Å². The lowest BCUT2D eigenvalue weighted by atomic mass is 10.1. The van der Waals surface area contributed by atoms with Gasteiger partial charge in [-0.25, -0.2) is 0 Å². The van der Waals surface area contributed by atoms with Gasteiger partial charge in [-0.05, 0) is 48.4 Å². The van der Waals surface area contributed by atoms with Crippen molar-refractivity contribution >= 4 is 29.1 Å². The molecule has 3 aromatic rings. The van der Waals surface area contributed by atoms with E-state index in [1.807, 2.05) is 31.2 Å². The molecule has 0 radical (unpaired) electrons. The van der Waals surface area contributed by atoms with E-state index in [0.717, 1.165) is 23.3 Å². The molecule has 0 aromatic heterocycles. The lowest BCUT2D eigenvalue weighted by Gasteiger charge is -2.18. The van der Waals surface area contributed by atoms with Crippen molar-refractivity contribution in [3.63, 3.8) is 0 Å². The highest BCUT2D eigenvalue weighted by Crippen LogP contribution is 2.33. The summed E-state index contributed by atoms with van der Waals surface area (Å²) in [6.45, 7) is 2.20. The molecule has 0 aliphatic carbocycles. The third-order valence-electron chi connectivity index (χ3n) is 6.11. The first kappa shape index (κ1) is 25.0. The lowest BCUT2D eigenvalue weighted by molar-refractivity contribution is -0.137. The molecule has 186 valence electrons. The average molecular weight is 496 g/mol. The summed E-state index contributed by atoms with van der Waals surface area (Å²) in [7, 11) is 0. The SMILES string of the molecule is Cc1ccccc1CNC(=O)c1ccccc1NC(=O)[C@@H]1CC(=O)N(c2cccc(C(F)(F)F)c2)C1. The van der Waals surface area contributed by atoms with Crippen molar-refractivity contribution in [2.45, 2.75) is 26.1 Å². The number of amides is 3. The molecule has 1 saturated heterocycles. The van der Waals surface area contributed by atoms with Crippen molar-refractivity contribution in [1.82, 2.24) is 5.32 Å². The lowest BCUT2D eigenvalue weighted by Crippen LogP contribution is -2.29. The molecule has 9 heteroatoms. The Bertz CT molecular complexity index is 1310. The number of rotatable bonds is 6. The second-order valence-corrected chi connectivity index (χ2v) is 8.60. The van der Waals surface area contributed by atoms with Crippen molar-refractivity contribution in [3.05, 3.63) is 95.1 Å². The van der Waals surface area contributed by atoms with Crippen LogP contribution in [0.25, 0.3) is 0 Å². The Morgan fingerprint density at radius 2 is 1.72 bits per heavy atom. The van der Waals surface area contributed by atoms with E-state index < -0.39 is 29.5 Å². The number of nitrogens with zero attached hydrogens (tertiary/aromatic N) is 1. The van der Waals surface area contributed by atoms with Crippen LogP contribution in [0.1, 0.15) is 33.5 Å². The molecule has 0 spiro atoms. The summed E-state index contributed by atoms with van der Waals surface area (Å²) in [4.78, 5) is 39.5. The fourth-order valence-corrected chi connectivity index (χ4v) is 4.09. The molecule has 1 heterocycles. The first-order chi connectivity index (χ1) is 17.1. The van der Waals surface area contributed by atoms with Crippen LogP contribution in [0.5, 0.6) is 0 Å². The zero-order valence-electron chi connectivity index (χ0n) is 19.4. The highest BCUT2D eigenvalue weighted by Gasteiger charge is 2.37. The van der Waals surface area contributed by atoms with Crippen molar-refractivity contribution in [2.75, 3.05) is 16.8 Å². The number of aryl methyl sites for hydroxylation is 1. The molecule has 6 nitrogen and oxygen atoms in total. The molecule has 36 heavy (non-hydrogen) atoms. The minimum absolute atomic E-state index is 0.0619. The number of halogens is 3. The van der Waals surface area contributed by atoms with Gasteiger partial charge in [-0.3, -0.25) is 14.4 Å². The second kappa shape index (κ2) is 10.2. The fraction of sp³-hybridized carbons (Fsp3) is 0.222. The number of carbonyl (C=O) groups excluding carboxylic acids is 3. The maximum atomic E-state index is 13.1. The monoisotopic (exact) mass is 495 g/mol. The number of anilines is 2. The molecule has 4 rings (SSSR count). The van der Waals surface area contributed by atoms with Gasteiger partial charge in [0.05, 0.1) is 22.7 Å². The van der Waals surface area contributed by atoms with Crippen molar-refractivity contribution in [1.29, 1.82) is 0 Å². The van der Waals surface area contributed by atoms with Crippen molar-refractivity contribution in [3.8, 4) is 0 Å². The van der Waals surface area contributed by atoms with Gasteiger partial charge in [-0.1, -0.05) is 42.5 Å². The van der Waals surface area contributed by atoms with E-state index in [-0.39, 0.29) is 35.8 Å². The zero-order valence-corrected chi connectivity index (χ0v) is 19.4. The first-order valence-electron chi connectivity index (χ1n) is 11.3. The molecule has 1 aliphatic heterocycles. The van der Waals surface area contributed by atoms with Gasteiger partial charge in [-0.15, -0.1) is 0 Å². The summed E-state index contributed by atoms with van der Waals surface area (Å²) in [6.07, 6.45) is -4.69. The van der Waals surface area contributed by atoms with E-state index in [4.69, 9.17) is 0 Å². The Labute approximate surface area is 206 Å². The van der Waals surface area contributed by atoms with Gasteiger partial charge in [0.15, 0.2) is 0 Å². The Hall–Kier alpha value is -4.14. The summed E-state index contributed by atoms with van der Waals surface area (Å²) < 4.78 is 39.2. The smallest absolute Gasteiger partial charge is 0.348 e. The van der Waals surface area contributed by atoms with Gasteiger partial charge in [-0.2, -0.15) is 13.2 Å². The maximum absolute atomic E-state index is 13.1. The predicted octanol–water partition coefficient (Wildman–Crippen LogP) is 4.94. The Morgan fingerprint density at radius 3 is 2.47 bits per heavy atom. The van der Waals surface area contributed by atoms with Crippen molar-refractivity contribution < 1.29 is 27.6 Å². The standard InChI is InChI=1S/C27H24F3N3O3/c1-17-7-2-3-8-18(17)15-31-26(36)22-11-4-5-12-23(22)32-25(35)19-13-24(34)33(16-19)21-10-6-9-20(14-21)27(28,29)30/h2-12,14,19H,13,15-16H2,1H3,(H,31,36)(H,32,35)/t19-/m1/s1. The Balaban J connectivity index is 1.44. The number of para-hydroxylation sites is 1.